The van der Waals surface area contributed by atoms with Crippen molar-refractivity contribution in [1.82, 2.24) is 9.88 Å². The Morgan fingerprint density at radius 1 is 1.26 bits per heavy atom. The fraction of sp³-hybridized carbons (Fsp3) is 0.444. The SMILES string of the molecule is Cc1ccccc1NC(=O)Cc1csc(CN2CCCCC2)n1. The minimum Gasteiger partial charge on any atom is -0.326 e. The van der Waals surface area contributed by atoms with Gasteiger partial charge < -0.3 is 5.32 Å². The van der Waals surface area contributed by atoms with Gasteiger partial charge in [-0.15, -0.1) is 11.3 Å². The first-order valence-corrected chi connectivity index (χ1v) is 9.10. The molecule has 0 radical (unpaired) electrons. The zero-order chi connectivity index (χ0) is 16.1. The van der Waals surface area contributed by atoms with Crippen LogP contribution in [0, 0.1) is 6.92 Å². The number of hydrogen-bond acceptors (Lipinski definition) is 4. The quantitative estimate of drug-likeness (QED) is 0.911. The van der Waals surface area contributed by atoms with Crippen LogP contribution in [0.15, 0.2) is 29.6 Å². The van der Waals surface area contributed by atoms with E-state index < -0.39 is 0 Å². The number of nitrogens with one attached hydrogen (secondary N) is 1. The average Bonchev–Trinajstić information content (AvgIpc) is 2.97. The Balaban J connectivity index is 1.54. The summed E-state index contributed by atoms with van der Waals surface area (Å²) in [6.45, 7) is 5.25. The molecule has 1 aliphatic heterocycles. The standard InChI is InChI=1S/C18H23N3OS/c1-14-7-3-4-8-16(14)20-17(22)11-15-13-23-18(19-15)12-21-9-5-2-6-10-21/h3-4,7-8,13H,2,5-6,9-12H2,1H3,(H,20,22). The Hall–Kier alpha value is -1.72. The molecule has 3 rings (SSSR count). The van der Waals surface area contributed by atoms with E-state index in [9.17, 15) is 4.79 Å². The summed E-state index contributed by atoms with van der Waals surface area (Å²) in [5, 5.41) is 6.09. The number of anilines is 1. The molecular formula is C18H23N3OS. The maximum Gasteiger partial charge on any atom is 0.230 e. The molecule has 1 aromatic heterocycles. The predicted octanol–water partition coefficient (Wildman–Crippen LogP) is 3.62. The Bertz CT molecular complexity index is 662. The molecular weight excluding hydrogens is 306 g/mol. The highest BCUT2D eigenvalue weighted by Gasteiger charge is 2.14. The largest absolute Gasteiger partial charge is 0.326 e. The third-order valence-corrected chi connectivity index (χ3v) is 5.05. The topological polar surface area (TPSA) is 45.2 Å². The minimum absolute atomic E-state index is 0.00544. The molecule has 122 valence electrons. The number of hydrogen-bond donors (Lipinski definition) is 1. The molecule has 1 aliphatic rings. The molecule has 5 heteroatoms. The smallest absolute Gasteiger partial charge is 0.230 e. The van der Waals surface area contributed by atoms with Gasteiger partial charge in [0.15, 0.2) is 0 Å². The van der Waals surface area contributed by atoms with Crippen molar-refractivity contribution in [2.24, 2.45) is 0 Å². The fourth-order valence-electron chi connectivity index (χ4n) is 2.88. The number of benzene rings is 1. The van der Waals surface area contributed by atoms with Gasteiger partial charge in [-0.05, 0) is 44.5 Å². The monoisotopic (exact) mass is 329 g/mol. The van der Waals surface area contributed by atoms with E-state index in [0.717, 1.165) is 28.5 Å². The lowest BCUT2D eigenvalue weighted by atomic mass is 10.1. The highest BCUT2D eigenvalue weighted by molar-refractivity contribution is 7.09. The third kappa shape index (κ3) is 4.62. The van der Waals surface area contributed by atoms with Crippen LogP contribution in [0.5, 0.6) is 0 Å². The first-order valence-electron chi connectivity index (χ1n) is 8.22. The van der Waals surface area contributed by atoms with Gasteiger partial charge in [0, 0.05) is 11.1 Å². The average molecular weight is 329 g/mol. The number of carbonyl (C=O) groups excluding carboxylic acids is 1. The Kier molecular flexibility index (Phi) is 5.41. The molecule has 0 atom stereocenters. The Morgan fingerprint density at radius 3 is 2.83 bits per heavy atom. The molecule has 0 spiro atoms. The maximum atomic E-state index is 12.2. The lowest BCUT2D eigenvalue weighted by molar-refractivity contribution is -0.115. The van der Waals surface area contributed by atoms with Gasteiger partial charge in [0.05, 0.1) is 18.7 Å². The number of aryl methyl sites for hydroxylation is 1. The lowest BCUT2D eigenvalue weighted by Gasteiger charge is -2.25. The molecule has 0 bridgehead atoms. The van der Waals surface area contributed by atoms with Crippen LogP contribution < -0.4 is 5.32 Å². The van der Waals surface area contributed by atoms with E-state index in [4.69, 9.17) is 0 Å². The summed E-state index contributed by atoms with van der Waals surface area (Å²) in [5.41, 5.74) is 2.82. The summed E-state index contributed by atoms with van der Waals surface area (Å²) < 4.78 is 0. The minimum atomic E-state index is -0.00544. The van der Waals surface area contributed by atoms with E-state index in [1.54, 1.807) is 11.3 Å². The molecule has 1 aromatic carbocycles. The number of carbonyl (C=O) groups is 1. The van der Waals surface area contributed by atoms with Crippen molar-refractivity contribution in [3.05, 3.63) is 45.9 Å². The summed E-state index contributed by atoms with van der Waals surface area (Å²) in [6, 6.07) is 7.83. The van der Waals surface area contributed by atoms with E-state index in [2.05, 4.69) is 15.2 Å². The van der Waals surface area contributed by atoms with E-state index in [-0.39, 0.29) is 5.91 Å². The van der Waals surface area contributed by atoms with Crippen LogP contribution in [0.1, 0.15) is 35.5 Å². The van der Waals surface area contributed by atoms with Gasteiger partial charge in [-0.3, -0.25) is 9.69 Å². The molecule has 1 fully saturated rings. The summed E-state index contributed by atoms with van der Waals surface area (Å²) in [7, 11) is 0. The molecule has 0 unspecified atom stereocenters. The number of amides is 1. The number of piperidine rings is 1. The molecule has 23 heavy (non-hydrogen) atoms. The molecule has 4 nitrogen and oxygen atoms in total. The number of thiazole rings is 1. The second-order valence-electron chi connectivity index (χ2n) is 6.11. The third-order valence-electron chi connectivity index (χ3n) is 4.17. The molecule has 1 amide bonds. The number of aromatic nitrogens is 1. The molecule has 2 heterocycles. The molecule has 0 aliphatic carbocycles. The van der Waals surface area contributed by atoms with Gasteiger partial charge in [0.1, 0.15) is 5.01 Å². The lowest BCUT2D eigenvalue weighted by Crippen LogP contribution is -2.29. The van der Waals surface area contributed by atoms with E-state index in [0.29, 0.717) is 6.42 Å². The number of nitrogens with zero attached hydrogens (tertiary/aromatic N) is 2. The van der Waals surface area contributed by atoms with Gasteiger partial charge in [0.2, 0.25) is 5.91 Å². The van der Waals surface area contributed by atoms with Crippen molar-refractivity contribution in [3.8, 4) is 0 Å². The van der Waals surface area contributed by atoms with Gasteiger partial charge >= 0.3 is 0 Å². The zero-order valence-corrected chi connectivity index (χ0v) is 14.4. The van der Waals surface area contributed by atoms with E-state index in [1.165, 1.54) is 32.4 Å². The van der Waals surface area contributed by atoms with Crippen LogP contribution in [-0.4, -0.2) is 28.9 Å². The second kappa shape index (κ2) is 7.70. The van der Waals surface area contributed by atoms with Crippen LogP contribution in [-0.2, 0) is 17.8 Å². The summed E-state index contributed by atoms with van der Waals surface area (Å²) in [5.74, 6) is -0.00544. The van der Waals surface area contributed by atoms with Crippen LogP contribution in [0.3, 0.4) is 0 Å². The Labute approximate surface area is 141 Å². The summed E-state index contributed by atoms with van der Waals surface area (Å²) >= 11 is 1.66. The van der Waals surface area contributed by atoms with E-state index >= 15 is 0 Å². The number of likely N-dealkylation sites (tertiary alicyclic amines) is 1. The van der Waals surface area contributed by atoms with Crippen molar-refractivity contribution < 1.29 is 4.79 Å². The van der Waals surface area contributed by atoms with Gasteiger partial charge in [-0.25, -0.2) is 4.98 Å². The van der Waals surface area contributed by atoms with Crippen LogP contribution in [0.4, 0.5) is 5.69 Å². The number of rotatable bonds is 5. The van der Waals surface area contributed by atoms with Crippen LogP contribution >= 0.6 is 11.3 Å². The van der Waals surface area contributed by atoms with Crippen molar-refractivity contribution in [2.75, 3.05) is 18.4 Å². The van der Waals surface area contributed by atoms with Crippen molar-refractivity contribution in [2.45, 2.75) is 39.2 Å². The maximum absolute atomic E-state index is 12.2. The van der Waals surface area contributed by atoms with Gasteiger partial charge in [-0.2, -0.15) is 0 Å². The highest BCUT2D eigenvalue weighted by atomic mass is 32.1. The van der Waals surface area contributed by atoms with E-state index in [1.807, 2.05) is 36.6 Å². The highest BCUT2D eigenvalue weighted by Crippen LogP contribution is 2.18. The summed E-state index contributed by atoms with van der Waals surface area (Å²) in [6.07, 6.45) is 4.26. The number of para-hydroxylation sites is 1. The van der Waals surface area contributed by atoms with Gasteiger partial charge in [0.25, 0.3) is 0 Å². The zero-order valence-electron chi connectivity index (χ0n) is 13.5. The molecule has 1 N–H and O–H groups in total. The molecule has 1 saturated heterocycles. The molecule has 0 saturated carbocycles. The van der Waals surface area contributed by atoms with Crippen molar-refractivity contribution in [3.63, 3.8) is 0 Å². The first kappa shape index (κ1) is 16.1. The second-order valence-corrected chi connectivity index (χ2v) is 7.05. The van der Waals surface area contributed by atoms with Crippen LogP contribution in [0.25, 0.3) is 0 Å². The fourth-order valence-corrected chi connectivity index (χ4v) is 3.72. The van der Waals surface area contributed by atoms with Gasteiger partial charge in [-0.1, -0.05) is 24.6 Å². The van der Waals surface area contributed by atoms with Crippen molar-refractivity contribution >= 4 is 22.9 Å². The first-order chi connectivity index (χ1) is 11.2. The normalized spacial score (nSPS) is 15.5. The van der Waals surface area contributed by atoms with Crippen molar-refractivity contribution in [1.29, 1.82) is 0 Å². The molecule has 2 aromatic rings. The summed E-state index contributed by atoms with van der Waals surface area (Å²) in [4.78, 5) is 19.3. The Morgan fingerprint density at radius 2 is 2.04 bits per heavy atom. The van der Waals surface area contributed by atoms with Crippen LogP contribution in [0.2, 0.25) is 0 Å². The predicted molar refractivity (Wildman–Crippen MR) is 94.8 cm³/mol.